The molecule has 0 amide bonds. The number of aliphatic carboxylic acids is 1. The molecule has 0 bridgehead atoms. The van der Waals surface area contributed by atoms with Crippen LogP contribution in [0, 0.1) is 0 Å². The zero-order valence-electron chi connectivity index (χ0n) is 11.4. The Morgan fingerprint density at radius 2 is 1.94 bits per heavy atom. The molecule has 1 unspecified atom stereocenters. The molecule has 18 heavy (non-hydrogen) atoms. The summed E-state index contributed by atoms with van der Waals surface area (Å²) in [5.41, 5.74) is 0.412. The first-order valence-corrected chi connectivity index (χ1v) is 7.02. The predicted molar refractivity (Wildman–Crippen MR) is 76.4 cm³/mol. The molecule has 1 aromatic rings. The van der Waals surface area contributed by atoms with E-state index in [0.29, 0.717) is 11.7 Å². The Labute approximate surface area is 113 Å². The summed E-state index contributed by atoms with van der Waals surface area (Å²) in [4.78, 5) is 12.2. The second-order valence-electron chi connectivity index (χ2n) is 4.90. The summed E-state index contributed by atoms with van der Waals surface area (Å²) in [6.45, 7) is 6.01. The van der Waals surface area contributed by atoms with Crippen LogP contribution in [0.3, 0.4) is 0 Å². The van der Waals surface area contributed by atoms with Crippen molar-refractivity contribution in [2.75, 3.05) is 12.8 Å². The number of thioether (sulfide) groups is 1. The molecule has 0 aromatic heterocycles. The van der Waals surface area contributed by atoms with Gasteiger partial charge in [0.05, 0.1) is 0 Å². The first-order valence-electron chi connectivity index (χ1n) is 6.04. The highest BCUT2D eigenvalue weighted by Gasteiger charge is 2.30. The predicted octanol–water partition coefficient (Wildman–Crippen LogP) is 2.96. The summed E-state index contributed by atoms with van der Waals surface area (Å²) in [7, 11) is 1.68. The summed E-state index contributed by atoms with van der Waals surface area (Å²) in [5, 5.41) is 12.0. The van der Waals surface area contributed by atoms with Gasteiger partial charge >= 0.3 is 5.97 Å². The molecular weight excluding hydrogens is 246 g/mol. The van der Waals surface area contributed by atoms with E-state index in [4.69, 9.17) is 5.11 Å². The lowest BCUT2D eigenvalue weighted by atomic mass is 10.0. The highest BCUT2D eigenvalue weighted by atomic mass is 32.2. The van der Waals surface area contributed by atoms with E-state index in [-0.39, 0.29) is 0 Å². The van der Waals surface area contributed by atoms with E-state index in [0.717, 1.165) is 4.90 Å². The maximum Gasteiger partial charge on any atom is 0.324 e. The van der Waals surface area contributed by atoms with Gasteiger partial charge < -0.3 is 10.4 Å². The Morgan fingerprint density at radius 1 is 1.39 bits per heavy atom. The van der Waals surface area contributed by atoms with Gasteiger partial charge in [-0.15, -0.1) is 11.8 Å². The van der Waals surface area contributed by atoms with Gasteiger partial charge in [0.1, 0.15) is 5.54 Å². The first-order chi connectivity index (χ1) is 8.39. The summed E-state index contributed by atoms with van der Waals surface area (Å²) < 4.78 is 0. The quantitative estimate of drug-likeness (QED) is 0.778. The molecule has 4 heteroatoms. The molecule has 0 saturated heterocycles. The third-order valence-electron chi connectivity index (χ3n) is 3.10. The van der Waals surface area contributed by atoms with Crippen molar-refractivity contribution in [3.63, 3.8) is 0 Å². The van der Waals surface area contributed by atoms with Crippen molar-refractivity contribution >= 4 is 17.7 Å². The van der Waals surface area contributed by atoms with Crippen LogP contribution in [0.5, 0.6) is 0 Å². The van der Waals surface area contributed by atoms with Crippen LogP contribution in [-0.4, -0.2) is 29.4 Å². The third-order valence-corrected chi connectivity index (χ3v) is 4.43. The number of rotatable bonds is 6. The van der Waals surface area contributed by atoms with Gasteiger partial charge in [0.15, 0.2) is 0 Å². The normalized spacial score (nSPS) is 14.5. The molecule has 1 rings (SSSR count). The first kappa shape index (κ1) is 15.1. The minimum Gasteiger partial charge on any atom is -0.480 e. The lowest BCUT2D eigenvalue weighted by Crippen LogP contribution is -2.49. The second kappa shape index (κ2) is 6.25. The number of likely N-dealkylation sites (N-methyl/N-ethyl adjacent to an activating group) is 1. The van der Waals surface area contributed by atoms with Gasteiger partial charge in [0.25, 0.3) is 0 Å². The van der Waals surface area contributed by atoms with Crippen molar-refractivity contribution in [3.05, 3.63) is 29.8 Å². The van der Waals surface area contributed by atoms with Crippen LogP contribution in [0.15, 0.2) is 29.2 Å². The number of hydrogen-bond acceptors (Lipinski definition) is 3. The highest BCUT2D eigenvalue weighted by molar-refractivity contribution is 7.99. The summed E-state index contributed by atoms with van der Waals surface area (Å²) in [5.74, 6) is 0.196. The van der Waals surface area contributed by atoms with Crippen molar-refractivity contribution in [3.8, 4) is 0 Å². The fraction of sp³-hybridized carbons (Fsp3) is 0.500. The van der Waals surface area contributed by atoms with Crippen LogP contribution < -0.4 is 5.32 Å². The van der Waals surface area contributed by atoms with Crippen LogP contribution in [0.4, 0.5) is 0 Å². The van der Waals surface area contributed by atoms with E-state index in [1.165, 1.54) is 5.56 Å². The summed E-state index contributed by atoms with van der Waals surface area (Å²) in [6, 6.07) is 8.31. The Morgan fingerprint density at radius 3 is 2.33 bits per heavy atom. The molecule has 0 aliphatic heterocycles. The highest BCUT2D eigenvalue weighted by Crippen LogP contribution is 2.25. The Balaban J connectivity index is 2.66. The van der Waals surface area contributed by atoms with E-state index in [9.17, 15) is 4.79 Å². The molecular formula is C14H21NO2S. The molecule has 3 nitrogen and oxygen atoms in total. The fourth-order valence-electron chi connectivity index (χ4n) is 1.42. The maximum atomic E-state index is 11.1. The fourth-order valence-corrected chi connectivity index (χ4v) is 2.47. The van der Waals surface area contributed by atoms with E-state index in [1.807, 2.05) is 0 Å². The van der Waals surface area contributed by atoms with Gasteiger partial charge in [-0.1, -0.05) is 26.0 Å². The van der Waals surface area contributed by atoms with E-state index in [2.05, 4.69) is 43.4 Å². The molecule has 0 aliphatic rings. The minimum atomic E-state index is -0.888. The van der Waals surface area contributed by atoms with Gasteiger partial charge in [-0.2, -0.15) is 0 Å². The Kier molecular flexibility index (Phi) is 5.23. The maximum absolute atomic E-state index is 11.1. The number of hydrogen-bond donors (Lipinski definition) is 2. The van der Waals surface area contributed by atoms with Gasteiger partial charge in [-0.05, 0) is 37.6 Å². The minimum absolute atomic E-state index is 0.500. The Bertz CT molecular complexity index is 403. The van der Waals surface area contributed by atoms with Crippen molar-refractivity contribution in [1.29, 1.82) is 0 Å². The zero-order valence-corrected chi connectivity index (χ0v) is 12.2. The molecule has 0 heterocycles. The van der Waals surface area contributed by atoms with Gasteiger partial charge in [0.2, 0.25) is 0 Å². The molecule has 0 radical (unpaired) electrons. The van der Waals surface area contributed by atoms with Gasteiger partial charge in [-0.25, -0.2) is 0 Å². The largest absolute Gasteiger partial charge is 0.480 e. The number of carbonyl (C=O) groups is 1. The second-order valence-corrected chi connectivity index (χ2v) is 5.95. The van der Waals surface area contributed by atoms with Crippen molar-refractivity contribution in [2.24, 2.45) is 0 Å². The van der Waals surface area contributed by atoms with Gasteiger partial charge in [0, 0.05) is 10.6 Å². The summed E-state index contributed by atoms with van der Waals surface area (Å²) in [6.07, 6.45) is 0. The molecule has 0 saturated carbocycles. The monoisotopic (exact) mass is 267 g/mol. The molecule has 1 atom stereocenters. The molecule has 0 spiro atoms. The Hall–Kier alpha value is -1.00. The standard InChI is InChI=1S/C14H21NO2S/c1-10(2)11-5-7-12(8-6-11)18-9-14(3,15-4)13(16)17/h5-8,10,15H,9H2,1-4H3,(H,16,17). The number of benzene rings is 1. The van der Waals surface area contributed by atoms with Crippen LogP contribution in [0.2, 0.25) is 0 Å². The van der Waals surface area contributed by atoms with Crippen molar-refractivity contribution in [1.82, 2.24) is 5.32 Å². The van der Waals surface area contributed by atoms with E-state index >= 15 is 0 Å². The topological polar surface area (TPSA) is 49.3 Å². The average molecular weight is 267 g/mol. The number of nitrogens with one attached hydrogen (secondary N) is 1. The lowest BCUT2D eigenvalue weighted by molar-refractivity contribution is -0.142. The molecule has 100 valence electrons. The summed E-state index contributed by atoms with van der Waals surface area (Å²) >= 11 is 1.56. The number of carboxylic acids is 1. The average Bonchev–Trinajstić information content (AvgIpc) is 2.36. The van der Waals surface area contributed by atoms with Gasteiger partial charge in [-0.3, -0.25) is 4.79 Å². The molecule has 2 N–H and O–H groups in total. The molecule has 0 fully saturated rings. The third kappa shape index (κ3) is 3.75. The van der Waals surface area contributed by atoms with E-state index in [1.54, 1.807) is 25.7 Å². The van der Waals surface area contributed by atoms with E-state index < -0.39 is 11.5 Å². The van der Waals surface area contributed by atoms with Crippen molar-refractivity contribution in [2.45, 2.75) is 37.1 Å². The smallest absolute Gasteiger partial charge is 0.324 e. The van der Waals surface area contributed by atoms with Crippen LogP contribution in [0.25, 0.3) is 0 Å². The van der Waals surface area contributed by atoms with Crippen LogP contribution in [-0.2, 0) is 4.79 Å². The molecule has 0 aliphatic carbocycles. The molecule has 1 aromatic carbocycles. The van der Waals surface area contributed by atoms with Crippen LogP contribution in [0.1, 0.15) is 32.3 Å². The lowest BCUT2D eigenvalue weighted by Gasteiger charge is -2.23. The number of carboxylic acid groups (broad SMARTS) is 1. The van der Waals surface area contributed by atoms with Crippen molar-refractivity contribution < 1.29 is 9.90 Å². The zero-order chi connectivity index (χ0) is 13.8. The van der Waals surface area contributed by atoms with Crippen LogP contribution >= 0.6 is 11.8 Å². The SMILES string of the molecule is CNC(C)(CSc1ccc(C(C)C)cc1)C(=O)O.